The van der Waals surface area contributed by atoms with Crippen molar-refractivity contribution >= 4 is 6.09 Å². The topological polar surface area (TPSA) is 56.2 Å². The lowest BCUT2D eigenvalue weighted by Gasteiger charge is -2.22. The molecular formula is C16H29N3O2. The minimum absolute atomic E-state index is 0.117. The van der Waals surface area contributed by atoms with E-state index in [0.29, 0.717) is 0 Å². The van der Waals surface area contributed by atoms with Crippen LogP contribution in [0.3, 0.4) is 0 Å². The van der Waals surface area contributed by atoms with Crippen LogP contribution in [0.4, 0.5) is 4.79 Å². The number of hydrogen-bond donors (Lipinski definition) is 1. The predicted octanol–water partition coefficient (Wildman–Crippen LogP) is 4.05. The Hall–Kier alpha value is -1.52. The Morgan fingerprint density at radius 1 is 1.38 bits per heavy atom. The summed E-state index contributed by atoms with van der Waals surface area (Å²) in [6, 6.07) is -0.117. The van der Waals surface area contributed by atoms with Gasteiger partial charge in [-0.25, -0.2) is 9.78 Å². The largest absolute Gasteiger partial charge is 0.444 e. The average Bonchev–Trinajstić information content (AvgIpc) is 2.80. The molecule has 21 heavy (non-hydrogen) atoms. The molecule has 1 aromatic rings. The van der Waals surface area contributed by atoms with Gasteiger partial charge in [-0.3, -0.25) is 0 Å². The first kappa shape index (κ1) is 17.5. The molecule has 0 aliphatic carbocycles. The maximum atomic E-state index is 11.8. The summed E-state index contributed by atoms with van der Waals surface area (Å²) >= 11 is 0. The van der Waals surface area contributed by atoms with Gasteiger partial charge in [0, 0.05) is 6.54 Å². The van der Waals surface area contributed by atoms with E-state index in [1.165, 1.54) is 19.3 Å². The summed E-state index contributed by atoms with van der Waals surface area (Å²) in [7, 11) is 0. The van der Waals surface area contributed by atoms with Crippen LogP contribution in [-0.4, -0.2) is 21.2 Å². The summed E-state index contributed by atoms with van der Waals surface area (Å²) in [5, 5.41) is 2.86. The van der Waals surface area contributed by atoms with E-state index in [9.17, 15) is 4.79 Å². The molecule has 5 heteroatoms. The number of carbonyl (C=O) groups excluding carboxylic acids is 1. The zero-order chi connectivity index (χ0) is 15.9. The van der Waals surface area contributed by atoms with Crippen molar-refractivity contribution in [3.05, 3.63) is 18.2 Å². The van der Waals surface area contributed by atoms with E-state index in [1.807, 2.05) is 40.2 Å². The molecule has 1 N–H and O–H groups in total. The average molecular weight is 295 g/mol. The molecule has 0 spiro atoms. The lowest BCUT2D eigenvalue weighted by Crippen LogP contribution is -2.34. The fraction of sp³-hybridized carbons (Fsp3) is 0.750. The van der Waals surface area contributed by atoms with E-state index < -0.39 is 11.7 Å². The van der Waals surface area contributed by atoms with Crippen molar-refractivity contribution in [1.82, 2.24) is 14.9 Å². The Labute approximate surface area is 128 Å². The second-order valence-corrected chi connectivity index (χ2v) is 6.44. The van der Waals surface area contributed by atoms with Gasteiger partial charge in [-0.1, -0.05) is 26.2 Å². The van der Waals surface area contributed by atoms with Gasteiger partial charge in [0.05, 0.1) is 24.3 Å². The normalized spacial score (nSPS) is 13.0. The third-order valence-electron chi connectivity index (χ3n) is 3.17. The van der Waals surface area contributed by atoms with Gasteiger partial charge in [0.2, 0.25) is 0 Å². The Morgan fingerprint density at radius 3 is 2.71 bits per heavy atom. The number of amides is 1. The minimum Gasteiger partial charge on any atom is -0.444 e. The molecule has 1 aromatic heterocycles. The number of rotatable bonds is 7. The Bertz CT molecular complexity index is 435. The van der Waals surface area contributed by atoms with Crippen LogP contribution in [0.2, 0.25) is 0 Å². The predicted molar refractivity (Wildman–Crippen MR) is 84.2 cm³/mol. The zero-order valence-corrected chi connectivity index (χ0v) is 14.0. The van der Waals surface area contributed by atoms with E-state index in [4.69, 9.17) is 4.74 Å². The lowest BCUT2D eigenvalue weighted by atomic mass is 10.2. The fourth-order valence-corrected chi connectivity index (χ4v) is 2.15. The maximum Gasteiger partial charge on any atom is 0.408 e. The highest BCUT2D eigenvalue weighted by molar-refractivity contribution is 5.68. The molecule has 1 amide bonds. The lowest BCUT2D eigenvalue weighted by molar-refractivity contribution is 0.0506. The molecule has 0 unspecified atom stereocenters. The van der Waals surface area contributed by atoms with Crippen molar-refractivity contribution in [2.75, 3.05) is 0 Å². The molecule has 0 bridgehead atoms. The van der Waals surface area contributed by atoms with Crippen molar-refractivity contribution in [1.29, 1.82) is 0 Å². The van der Waals surface area contributed by atoms with E-state index >= 15 is 0 Å². The van der Waals surface area contributed by atoms with Crippen LogP contribution in [-0.2, 0) is 11.3 Å². The summed E-state index contributed by atoms with van der Waals surface area (Å²) < 4.78 is 7.39. The second kappa shape index (κ2) is 8.05. The summed E-state index contributed by atoms with van der Waals surface area (Å²) in [5.41, 5.74) is 0.529. The molecule has 0 aliphatic heterocycles. The third kappa shape index (κ3) is 6.65. The number of ether oxygens (including phenoxy) is 1. The van der Waals surface area contributed by atoms with Gasteiger partial charge in [0.15, 0.2) is 0 Å². The number of nitrogens with zero attached hydrogens (tertiary/aromatic N) is 2. The summed E-state index contributed by atoms with van der Waals surface area (Å²) in [6.45, 7) is 10.7. The Balaban J connectivity index is 2.52. The second-order valence-electron chi connectivity index (χ2n) is 6.44. The van der Waals surface area contributed by atoms with Crippen molar-refractivity contribution < 1.29 is 9.53 Å². The van der Waals surface area contributed by atoms with E-state index in [1.54, 1.807) is 0 Å². The maximum absolute atomic E-state index is 11.8. The number of alkyl carbamates (subject to hydrolysis) is 1. The van der Waals surface area contributed by atoms with Gasteiger partial charge in [-0.15, -0.1) is 0 Å². The SMILES string of the molecule is CCCCCCn1cncc1[C@@H](C)NC(=O)OC(C)(C)C. The van der Waals surface area contributed by atoms with Crippen LogP contribution in [0.1, 0.15) is 72.0 Å². The third-order valence-corrected chi connectivity index (χ3v) is 3.17. The van der Waals surface area contributed by atoms with E-state index in [0.717, 1.165) is 18.7 Å². The van der Waals surface area contributed by atoms with Crippen molar-refractivity contribution in [3.63, 3.8) is 0 Å². The number of imidazole rings is 1. The molecule has 0 aliphatic rings. The molecule has 120 valence electrons. The van der Waals surface area contributed by atoms with Gasteiger partial charge in [-0.2, -0.15) is 0 Å². The van der Waals surface area contributed by atoms with Gasteiger partial charge in [-0.05, 0) is 34.1 Å². The highest BCUT2D eigenvalue weighted by Crippen LogP contribution is 2.15. The monoisotopic (exact) mass is 295 g/mol. The fourth-order valence-electron chi connectivity index (χ4n) is 2.15. The van der Waals surface area contributed by atoms with Gasteiger partial charge in [0.1, 0.15) is 5.60 Å². The first-order chi connectivity index (χ1) is 9.83. The summed E-state index contributed by atoms with van der Waals surface area (Å²) in [4.78, 5) is 16.0. The Kier molecular flexibility index (Phi) is 6.72. The molecule has 0 fully saturated rings. The molecule has 0 saturated carbocycles. The van der Waals surface area contributed by atoms with Crippen LogP contribution in [0.15, 0.2) is 12.5 Å². The first-order valence-electron chi connectivity index (χ1n) is 7.83. The molecule has 5 nitrogen and oxygen atoms in total. The van der Waals surface area contributed by atoms with E-state index in [2.05, 4.69) is 21.8 Å². The molecule has 1 heterocycles. The number of aromatic nitrogens is 2. The van der Waals surface area contributed by atoms with Crippen LogP contribution < -0.4 is 5.32 Å². The Morgan fingerprint density at radius 2 is 2.10 bits per heavy atom. The molecule has 0 radical (unpaired) electrons. The van der Waals surface area contributed by atoms with Gasteiger partial charge >= 0.3 is 6.09 Å². The van der Waals surface area contributed by atoms with Gasteiger partial charge < -0.3 is 14.6 Å². The van der Waals surface area contributed by atoms with E-state index in [-0.39, 0.29) is 6.04 Å². The molecule has 0 aromatic carbocycles. The number of nitrogens with one attached hydrogen (secondary N) is 1. The highest BCUT2D eigenvalue weighted by Gasteiger charge is 2.19. The summed E-state index contributed by atoms with van der Waals surface area (Å²) in [6.07, 6.45) is 8.09. The molecular weight excluding hydrogens is 266 g/mol. The quantitative estimate of drug-likeness (QED) is 0.772. The number of aryl methyl sites for hydroxylation is 1. The first-order valence-corrected chi connectivity index (χ1v) is 7.83. The number of hydrogen-bond acceptors (Lipinski definition) is 3. The van der Waals surface area contributed by atoms with Crippen LogP contribution in [0.5, 0.6) is 0 Å². The minimum atomic E-state index is -0.482. The molecule has 1 rings (SSSR count). The van der Waals surface area contributed by atoms with Crippen LogP contribution >= 0.6 is 0 Å². The molecule has 0 saturated heterocycles. The molecule has 1 atom stereocenters. The van der Waals surface area contributed by atoms with Crippen LogP contribution in [0.25, 0.3) is 0 Å². The van der Waals surface area contributed by atoms with Crippen molar-refractivity contribution in [2.24, 2.45) is 0 Å². The zero-order valence-electron chi connectivity index (χ0n) is 14.0. The smallest absolute Gasteiger partial charge is 0.408 e. The number of unbranched alkanes of at least 4 members (excludes halogenated alkanes) is 3. The van der Waals surface area contributed by atoms with Gasteiger partial charge in [0.25, 0.3) is 0 Å². The van der Waals surface area contributed by atoms with Crippen LogP contribution in [0, 0.1) is 0 Å². The standard InChI is InChI=1S/C16H29N3O2/c1-6-7-8-9-10-19-12-17-11-14(19)13(2)18-15(20)21-16(3,4)5/h11-13H,6-10H2,1-5H3,(H,18,20)/t13-/m1/s1. The van der Waals surface area contributed by atoms with Crippen molar-refractivity contribution in [2.45, 2.75) is 78.5 Å². The number of carbonyl (C=O) groups is 1. The summed E-state index contributed by atoms with van der Waals surface area (Å²) in [5.74, 6) is 0. The highest BCUT2D eigenvalue weighted by atomic mass is 16.6. The van der Waals surface area contributed by atoms with Crippen molar-refractivity contribution in [3.8, 4) is 0 Å².